The molecule has 1 saturated heterocycles. The number of piperazine rings is 1. The standard InChI is InChI=1S/C25H25N5O2S/c1-18-21(16-23(31)29-14-12-28(13-15-29)20-10-6-3-7-11-20)24(32)30(27-18)25-26-22(17-33-25)19-8-4-2-5-9-19/h2-11,17,27H,12-16H2,1H3. The molecule has 2 aromatic heterocycles. The number of H-pyrrole nitrogens is 1. The monoisotopic (exact) mass is 459 g/mol. The quantitative estimate of drug-likeness (QED) is 0.496. The number of aryl methyl sites for hydroxylation is 1. The minimum absolute atomic E-state index is 0.0156. The van der Waals surface area contributed by atoms with Crippen molar-refractivity contribution < 1.29 is 4.79 Å². The maximum absolute atomic E-state index is 13.1. The highest BCUT2D eigenvalue weighted by Crippen LogP contribution is 2.23. The molecule has 0 bridgehead atoms. The van der Waals surface area contributed by atoms with Gasteiger partial charge in [-0.1, -0.05) is 48.5 Å². The molecule has 0 atom stereocenters. The van der Waals surface area contributed by atoms with Gasteiger partial charge in [-0.15, -0.1) is 11.3 Å². The molecule has 0 saturated carbocycles. The summed E-state index contributed by atoms with van der Waals surface area (Å²) in [5.74, 6) is -0.0156. The van der Waals surface area contributed by atoms with Gasteiger partial charge in [0.15, 0.2) is 0 Å². The second kappa shape index (κ2) is 9.07. The number of carbonyl (C=O) groups excluding carboxylic acids is 1. The van der Waals surface area contributed by atoms with E-state index in [9.17, 15) is 9.59 Å². The molecular weight excluding hydrogens is 434 g/mol. The molecule has 0 aliphatic carbocycles. The average Bonchev–Trinajstić information content (AvgIpc) is 3.46. The topological polar surface area (TPSA) is 74.2 Å². The Labute approximate surface area is 195 Å². The van der Waals surface area contributed by atoms with E-state index >= 15 is 0 Å². The molecule has 8 heteroatoms. The van der Waals surface area contributed by atoms with Gasteiger partial charge >= 0.3 is 0 Å². The highest BCUT2D eigenvalue weighted by Gasteiger charge is 2.24. The van der Waals surface area contributed by atoms with Crippen molar-refractivity contribution >= 4 is 22.9 Å². The van der Waals surface area contributed by atoms with Crippen LogP contribution in [0.1, 0.15) is 11.3 Å². The van der Waals surface area contributed by atoms with Crippen molar-refractivity contribution in [1.82, 2.24) is 19.7 Å². The molecule has 5 rings (SSSR count). The van der Waals surface area contributed by atoms with Gasteiger partial charge in [0.05, 0.1) is 12.1 Å². The fourth-order valence-corrected chi connectivity index (χ4v) is 4.94. The van der Waals surface area contributed by atoms with Gasteiger partial charge < -0.3 is 9.80 Å². The number of thiazole rings is 1. The number of rotatable bonds is 5. The van der Waals surface area contributed by atoms with Crippen molar-refractivity contribution in [2.45, 2.75) is 13.3 Å². The maximum atomic E-state index is 13.1. The maximum Gasteiger partial charge on any atom is 0.277 e. The van der Waals surface area contributed by atoms with E-state index < -0.39 is 0 Å². The molecule has 0 spiro atoms. The minimum Gasteiger partial charge on any atom is -0.368 e. The Morgan fingerprint density at radius 3 is 2.36 bits per heavy atom. The van der Waals surface area contributed by atoms with E-state index in [0.29, 0.717) is 29.5 Å². The van der Waals surface area contributed by atoms with Crippen LogP contribution in [0.15, 0.2) is 70.8 Å². The molecule has 1 aliphatic heterocycles. The van der Waals surface area contributed by atoms with Crippen molar-refractivity contribution in [2.75, 3.05) is 31.1 Å². The molecule has 1 aliphatic rings. The Balaban J connectivity index is 1.28. The summed E-state index contributed by atoms with van der Waals surface area (Å²) in [6.07, 6.45) is 0.0937. The third-order valence-corrected chi connectivity index (χ3v) is 6.85. The van der Waals surface area contributed by atoms with Crippen LogP contribution in [0.5, 0.6) is 0 Å². The van der Waals surface area contributed by atoms with Crippen molar-refractivity contribution in [2.24, 2.45) is 0 Å². The van der Waals surface area contributed by atoms with Crippen LogP contribution in [-0.4, -0.2) is 51.8 Å². The molecule has 0 radical (unpaired) electrons. The lowest BCUT2D eigenvalue weighted by Crippen LogP contribution is -2.49. The van der Waals surface area contributed by atoms with Crippen LogP contribution in [-0.2, 0) is 11.2 Å². The number of benzene rings is 2. The molecule has 2 aromatic carbocycles. The van der Waals surface area contributed by atoms with Gasteiger partial charge in [0, 0.05) is 54.1 Å². The third-order valence-electron chi connectivity index (χ3n) is 6.03. The van der Waals surface area contributed by atoms with Gasteiger partial charge in [-0.3, -0.25) is 14.7 Å². The van der Waals surface area contributed by atoms with Gasteiger partial charge in [0.25, 0.3) is 5.56 Å². The van der Waals surface area contributed by atoms with Crippen LogP contribution in [0.4, 0.5) is 5.69 Å². The van der Waals surface area contributed by atoms with Gasteiger partial charge in [0.2, 0.25) is 11.0 Å². The Hall–Kier alpha value is -3.65. The molecule has 168 valence electrons. The van der Waals surface area contributed by atoms with E-state index in [0.717, 1.165) is 24.3 Å². The Bertz CT molecular complexity index is 1300. The molecule has 1 N–H and O–H groups in total. The SMILES string of the molecule is Cc1[nH]n(-c2nc(-c3ccccc3)cs2)c(=O)c1CC(=O)N1CCN(c2ccccc2)CC1. The first-order valence-corrected chi connectivity index (χ1v) is 11.9. The van der Waals surface area contributed by atoms with E-state index in [1.54, 1.807) is 0 Å². The van der Waals surface area contributed by atoms with E-state index in [2.05, 4.69) is 27.1 Å². The minimum atomic E-state index is -0.210. The molecular formula is C25H25N5O2S. The molecule has 3 heterocycles. The summed E-state index contributed by atoms with van der Waals surface area (Å²) in [5, 5.41) is 5.61. The smallest absolute Gasteiger partial charge is 0.277 e. The summed E-state index contributed by atoms with van der Waals surface area (Å²) in [6.45, 7) is 4.71. The summed E-state index contributed by atoms with van der Waals surface area (Å²) in [6, 6.07) is 20.1. The number of carbonyl (C=O) groups is 1. The first-order chi connectivity index (χ1) is 16.1. The van der Waals surface area contributed by atoms with E-state index in [4.69, 9.17) is 0 Å². The lowest BCUT2D eigenvalue weighted by Gasteiger charge is -2.36. The van der Waals surface area contributed by atoms with Gasteiger partial charge in [-0.2, -0.15) is 4.68 Å². The number of hydrogen-bond donors (Lipinski definition) is 1. The zero-order valence-corrected chi connectivity index (χ0v) is 19.2. The molecule has 4 aromatic rings. The average molecular weight is 460 g/mol. The summed E-state index contributed by atoms with van der Waals surface area (Å²) in [4.78, 5) is 34.9. The van der Waals surface area contributed by atoms with Crippen LogP contribution >= 0.6 is 11.3 Å². The number of para-hydroxylation sites is 1. The first-order valence-electron chi connectivity index (χ1n) is 11.0. The first kappa shape index (κ1) is 21.2. The number of anilines is 1. The summed E-state index contributed by atoms with van der Waals surface area (Å²) in [7, 11) is 0. The number of hydrogen-bond acceptors (Lipinski definition) is 5. The second-order valence-electron chi connectivity index (χ2n) is 8.12. The highest BCUT2D eigenvalue weighted by molar-refractivity contribution is 7.12. The third kappa shape index (κ3) is 4.34. The molecule has 33 heavy (non-hydrogen) atoms. The van der Waals surface area contributed by atoms with Crippen LogP contribution in [0.25, 0.3) is 16.4 Å². The van der Waals surface area contributed by atoms with Gasteiger partial charge in [0.1, 0.15) is 0 Å². The number of aromatic nitrogens is 3. The molecule has 1 amide bonds. The predicted octanol–water partition coefficient (Wildman–Crippen LogP) is 3.49. The van der Waals surface area contributed by atoms with Crippen molar-refractivity contribution in [3.63, 3.8) is 0 Å². The predicted molar refractivity (Wildman–Crippen MR) is 131 cm³/mol. The number of nitrogens with zero attached hydrogens (tertiary/aromatic N) is 4. The van der Waals surface area contributed by atoms with Crippen molar-refractivity contribution in [1.29, 1.82) is 0 Å². The molecule has 7 nitrogen and oxygen atoms in total. The summed E-state index contributed by atoms with van der Waals surface area (Å²) >= 11 is 1.40. The summed E-state index contributed by atoms with van der Waals surface area (Å²) < 4.78 is 1.45. The van der Waals surface area contributed by atoms with Crippen LogP contribution in [0.2, 0.25) is 0 Å². The van der Waals surface area contributed by atoms with Crippen molar-refractivity contribution in [3.8, 4) is 16.4 Å². The highest BCUT2D eigenvalue weighted by atomic mass is 32.1. The fraction of sp³-hybridized carbons (Fsp3) is 0.240. The fourth-order valence-electron chi connectivity index (χ4n) is 4.15. The number of amides is 1. The zero-order valence-electron chi connectivity index (χ0n) is 18.4. The van der Waals surface area contributed by atoms with E-state index in [-0.39, 0.29) is 17.9 Å². The van der Waals surface area contributed by atoms with Gasteiger partial charge in [-0.25, -0.2) is 4.98 Å². The Morgan fingerprint density at radius 1 is 1.00 bits per heavy atom. The largest absolute Gasteiger partial charge is 0.368 e. The van der Waals surface area contributed by atoms with E-state index in [1.807, 2.05) is 65.7 Å². The van der Waals surface area contributed by atoms with Crippen molar-refractivity contribution in [3.05, 3.63) is 87.7 Å². The lowest BCUT2D eigenvalue weighted by molar-refractivity contribution is -0.130. The lowest BCUT2D eigenvalue weighted by atomic mass is 10.1. The van der Waals surface area contributed by atoms with Crippen LogP contribution in [0, 0.1) is 6.92 Å². The van der Waals surface area contributed by atoms with E-state index in [1.165, 1.54) is 21.7 Å². The van der Waals surface area contributed by atoms with Gasteiger partial charge in [-0.05, 0) is 19.1 Å². The summed E-state index contributed by atoms with van der Waals surface area (Å²) in [5.41, 5.74) is 3.99. The van der Waals surface area contributed by atoms with Crippen LogP contribution in [0.3, 0.4) is 0 Å². The zero-order chi connectivity index (χ0) is 22.8. The van der Waals surface area contributed by atoms with Crippen LogP contribution < -0.4 is 10.5 Å². The Kier molecular flexibility index (Phi) is 5.83. The normalized spacial score (nSPS) is 14.0. The number of aromatic amines is 1. The second-order valence-corrected chi connectivity index (χ2v) is 8.95. The Morgan fingerprint density at radius 2 is 1.67 bits per heavy atom. The molecule has 0 unspecified atom stereocenters. The molecule has 1 fully saturated rings. The number of nitrogens with one attached hydrogen (secondary N) is 1.